The molecule has 0 saturated heterocycles. The van der Waals surface area contributed by atoms with Crippen LogP contribution in [0.1, 0.15) is 67.5 Å². The zero-order valence-corrected chi connectivity index (χ0v) is 12.1. The molecular weight excluding hydrogens is 240 g/mol. The van der Waals surface area contributed by atoms with Gasteiger partial charge in [0.15, 0.2) is 0 Å². The SMILES string of the molecule is CC1(C(Cl)c2ccc3c(c2)CCCC3)CCCC1. The van der Waals surface area contributed by atoms with Crippen LogP contribution in [0.15, 0.2) is 18.2 Å². The van der Waals surface area contributed by atoms with Crippen LogP contribution in [0.25, 0.3) is 0 Å². The van der Waals surface area contributed by atoms with Crippen molar-refractivity contribution < 1.29 is 0 Å². The number of rotatable bonds is 2. The second kappa shape index (κ2) is 4.89. The van der Waals surface area contributed by atoms with E-state index in [9.17, 15) is 0 Å². The van der Waals surface area contributed by atoms with Crippen molar-refractivity contribution >= 4 is 11.6 Å². The van der Waals surface area contributed by atoms with Gasteiger partial charge in [-0.2, -0.15) is 0 Å². The smallest absolute Gasteiger partial charge is 0.0638 e. The summed E-state index contributed by atoms with van der Waals surface area (Å²) < 4.78 is 0. The van der Waals surface area contributed by atoms with Gasteiger partial charge < -0.3 is 0 Å². The molecule has 1 aromatic rings. The second-order valence-electron chi connectivity index (χ2n) is 6.46. The summed E-state index contributed by atoms with van der Waals surface area (Å²) in [5.41, 5.74) is 4.81. The van der Waals surface area contributed by atoms with Gasteiger partial charge >= 0.3 is 0 Å². The van der Waals surface area contributed by atoms with Crippen molar-refractivity contribution in [3.05, 3.63) is 34.9 Å². The molecule has 1 fully saturated rings. The third kappa shape index (κ3) is 2.20. The van der Waals surface area contributed by atoms with Gasteiger partial charge in [0, 0.05) is 0 Å². The lowest BCUT2D eigenvalue weighted by Gasteiger charge is -2.30. The highest BCUT2D eigenvalue weighted by Gasteiger charge is 2.36. The summed E-state index contributed by atoms with van der Waals surface area (Å²) in [5.74, 6) is 0. The first-order valence-corrected chi connectivity index (χ1v) is 7.88. The number of halogens is 1. The minimum Gasteiger partial charge on any atom is -0.117 e. The molecule has 1 heteroatoms. The Morgan fingerprint density at radius 1 is 1.00 bits per heavy atom. The molecule has 1 saturated carbocycles. The third-order valence-electron chi connectivity index (χ3n) is 5.02. The predicted octanol–water partition coefficient (Wildman–Crippen LogP) is 5.43. The van der Waals surface area contributed by atoms with Crippen LogP contribution < -0.4 is 0 Å². The molecule has 0 radical (unpaired) electrons. The van der Waals surface area contributed by atoms with E-state index in [1.165, 1.54) is 56.9 Å². The van der Waals surface area contributed by atoms with Gasteiger partial charge in [-0.05, 0) is 60.6 Å². The second-order valence-corrected chi connectivity index (χ2v) is 6.90. The van der Waals surface area contributed by atoms with Crippen LogP contribution in [0, 0.1) is 5.41 Å². The standard InChI is InChI=1S/C17H23Cl/c1-17(10-4-5-11-17)16(18)15-9-8-13-6-2-3-7-14(13)12-15/h8-9,12,16H,2-7,10-11H2,1H3. The maximum Gasteiger partial charge on any atom is 0.0638 e. The van der Waals surface area contributed by atoms with Gasteiger partial charge in [-0.15, -0.1) is 11.6 Å². The van der Waals surface area contributed by atoms with E-state index in [0.717, 1.165) is 0 Å². The Kier molecular flexibility index (Phi) is 3.40. The summed E-state index contributed by atoms with van der Waals surface area (Å²) in [5, 5.41) is 0.201. The molecule has 3 rings (SSSR count). The third-order valence-corrected chi connectivity index (χ3v) is 5.80. The van der Waals surface area contributed by atoms with E-state index in [1.807, 2.05) is 0 Å². The molecule has 1 atom stereocenters. The lowest BCUT2D eigenvalue weighted by molar-refractivity contribution is 0.321. The van der Waals surface area contributed by atoms with Gasteiger partial charge in [0.25, 0.3) is 0 Å². The summed E-state index contributed by atoms with van der Waals surface area (Å²) in [6.45, 7) is 2.37. The maximum absolute atomic E-state index is 6.80. The lowest BCUT2D eigenvalue weighted by atomic mass is 9.80. The fourth-order valence-corrected chi connectivity index (χ4v) is 4.10. The highest BCUT2D eigenvalue weighted by Crippen LogP contribution is 2.50. The van der Waals surface area contributed by atoms with E-state index in [4.69, 9.17) is 11.6 Å². The number of fused-ring (bicyclic) bond motifs is 1. The van der Waals surface area contributed by atoms with Crippen LogP contribution in [0.3, 0.4) is 0 Å². The van der Waals surface area contributed by atoms with Crippen molar-refractivity contribution in [3.63, 3.8) is 0 Å². The predicted molar refractivity (Wildman–Crippen MR) is 78.3 cm³/mol. The van der Waals surface area contributed by atoms with Crippen LogP contribution >= 0.6 is 11.6 Å². The Hall–Kier alpha value is -0.490. The van der Waals surface area contributed by atoms with Crippen molar-refractivity contribution in [2.24, 2.45) is 5.41 Å². The molecule has 0 amide bonds. The quantitative estimate of drug-likeness (QED) is 0.624. The summed E-state index contributed by atoms with van der Waals surface area (Å²) in [6, 6.07) is 7.01. The number of hydrogen-bond donors (Lipinski definition) is 0. The summed E-state index contributed by atoms with van der Waals surface area (Å²) in [7, 11) is 0. The Morgan fingerprint density at radius 3 is 2.39 bits per heavy atom. The highest BCUT2D eigenvalue weighted by molar-refractivity contribution is 6.21. The number of benzene rings is 1. The lowest BCUT2D eigenvalue weighted by Crippen LogP contribution is -2.18. The zero-order valence-electron chi connectivity index (χ0n) is 11.3. The van der Waals surface area contributed by atoms with Gasteiger partial charge in [0.1, 0.15) is 0 Å². The van der Waals surface area contributed by atoms with Crippen LogP contribution in [0.2, 0.25) is 0 Å². The van der Waals surface area contributed by atoms with Crippen molar-refractivity contribution in [1.82, 2.24) is 0 Å². The molecule has 0 heterocycles. The van der Waals surface area contributed by atoms with Crippen molar-refractivity contribution in [1.29, 1.82) is 0 Å². The van der Waals surface area contributed by atoms with E-state index in [1.54, 1.807) is 11.1 Å². The molecule has 2 aliphatic carbocycles. The summed E-state index contributed by atoms with van der Waals surface area (Å²) in [4.78, 5) is 0. The Labute approximate surface area is 116 Å². The van der Waals surface area contributed by atoms with E-state index in [0.29, 0.717) is 5.41 Å². The monoisotopic (exact) mass is 262 g/mol. The fourth-order valence-electron chi connectivity index (χ4n) is 3.75. The molecule has 1 aromatic carbocycles. The summed E-state index contributed by atoms with van der Waals surface area (Å²) >= 11 is 6.80. The first kappa shape index (κ1) is 12.5. The molecule has 18 heavy (non-hydrogen) atoms. The molecule has 0 aliphatic heterocycles. The van der Waals surface area contributed by atoms with Crippen LogP contribution in [0.4, 0.5) is 0 Å². The largest absolute Gasteiger partial charge is 0.117 e. The van der Waals surface area contributed by atoms with Crippen molar-refractivity contribution in [3.8, 4) is 0 Å². The number of aryl methyl sites for hydroxylation is 2. The molecule has 2 aliphatic rings. The first-order valence-electron chi connectivity index (χ1n) is 7.45. The fraction of sp³-hybridized carbons (Fsp3) is 0.647. The minimum absolute atomic E-state index is 0.201. The molecule has 98 valence electrons. The van der Waals surface area contributed by atoms with Gasteiger partial charge in [0.2, 0.25) is 0 Å². The first-order chi connectivity index (χ1) is 8.69. The van der Waals surface area contributed by atoms with Crippen LogP contribution in [-0.4, -0.2) is 0 Å². The van der Waals surface area contributed by atoms with E-state index >= 15 is 0 Å². The van der Waals surface area contributed by atoms with E-state index in [2.05, 4.69) is 25.1 Å². The van der Waals surface area contributed by atoms with Gasteiger partial charge in [-0.25, -0.2) is 0 Å². The van der Waals surface area contributed by atoms with Gasteiger partial charge in [-0.1, -0.05) is 38.0 Å². The molecule has 1 unspecified atom stereocenters. The molecule has 0 aromatic heterocycles. The minimum atomic E-state index is 0.201. The normalized spacial score (nSPS) is 23.7. The average molecular weight is 263 g/mol. The molecular formula is C17H23Cl. The van der Waals surface area contributed by atoms with Crippen molar-refractivity contribution in [2.75, 3.05) is 0 Å². The topological polar surface area (TPSA) is 0 Å². The van der Waals surface area contributed by atoms with Crippen molar-refractivity contribution in [2.45, 2.75) is 63.7 Å². The zero-order chi connectivity index (χ0) is 12.6. The number of alkyl halides is 1. The molecule has 0 nitrogen and oxygen atoms in total. The molecule has 0 bridgehead atoms. The Balaban J connectivity index is 1.87. The maximum atomic E-state index is 6.80. The summed E-state index contributed by atoms with van der Waals surface area (Å²) in [6.07, 6.45) is 10.5. The van der Waals surface area contributed by atoms with Gasteiger partial charge in [0.05, 0.1) is 5.38 Å². The molecule has 0 spiro atoms. The van der Waals surface area contributed by atoms with E-state index < -0.39 is 0 Å². The Morgan fingerprint density at radius 2 is 1.67 bits per heavy atom. The van der Waals surface area contributed by atoms with E-state index in [-0.39, 0.29) is 5.38 Å². The highest BCUT2D eigenvalue weighted by atomic mass is 35.5. The average Bonchev–Trinajstić information content (AvgIpc) is 2.85. The molecule has 0 N–H and O–H groups in total. The van der Waals surface area contributed by atoms with Gasteiger partial charge in [-0.3, -0.25) is 0 Å². The van der Waals surface area contributed by atoms with Crippen LogP contribution in [-0.2, 0) is 12.8 Å². The van der Waals surface area contributed by atoms with Crippen LogP contribution in [0.5, 0.6) is 0 Å². The number of hydrogen-bond acceptors (Lipinski definition) is 0. The Bertz CT molecular complexity index is 429.